The molecule has 1 aliphatic carbocycles. The first-order chi connectivity index (χ1) is 10.1. The number of nitrogens with two attached hydrogens (primary N) is 1. The molecule has 2 unspecified atom stereocenters. The topological polar surface area (TPSA) is 47.1 Å². The number of halogens is 1. The molecular weight excluding hydrogens is 284 g/mol. The summed E-state index contributed by atoms with van der Waals surface area (Å²) in [5.41, 5.74) is 8.13. The minimum Gasteiger partial charge on any atom is -0.330 e. The molecule has 2 rings (SSSR count). The van der Waals surface area contributed by atoms with Gasteiger partial charge in [0.25, 0.3) is 0 Å². The van der Waals surface area contributed by atoms with Crippen LogP contribution in [0.25, 0.3) is 0 Å². The molecule has 1 aliphatic rings. The van der Waals surface area contributed by atoms with Gasteiger partial charge in [0, 0.05) is 19.6 Å². The lowest BCUT2D eigenvalue weighted by atomic mass is 9.83. The van der Waals surface area contributed by atoms with Crippen LogP contribution in [0, 0.1) is 5.92 Å². The number of rotatable bonds is 6. The summed E-state index contributed by atoms with van der Waals surface area (Å²) in [5, 5.41) is 5.38. The fourth-order valence-electron chi connectivity index (χ4n) is 3.59. The maximum Gasteiger partial charge on any atom is 0.0863 e. The van der Waals surface area contributed by atoms with Crippen LogP contribution in [-0.2, 0) is 20.0 Å². The first-order valence-electron chi connectivity index (χ1n) is 8.26. The van der Waals surface area contributed by atoms with Crippen LogP contribution in [0.4, 0.5) is 0 Å². The van der Waals surface area contributed by atoms with Gasteiger partial charge >= 0.3 is 0 Å². The average Bonchev–Trinajstić information content (AvgIpc) is 2.79. The lowest BCUT2D eigenvalue weighted by Crippen LogP contribution is -2.44. The largest absolute Gasteiger partial charge is 0.330 e. The van der Waals surface area contributed by atoms with Crippen molar-refractivity contribution in [1.82, 2.24) is 14.7 Å². The Bertz CT molecular complexity index is 457. The van der Waals surface area contributed by atoms with Gasteiger partial charge in [0.05, 0.1) is 16.4 Å². The van der Waals surface area contributed by atoms with Crippen LogP contribution in [0.1, 0.15) is 50.9 Å². The third kappa shape index (κ3) is 3.61. The van der Waals surface area contributed by atoms with Crippen LogP contribution in [0.2, 0.25) is 5.02 Å². The Labute approximate surface area is 133 Å². The van der Waals surface area contributed by atoms with E-state index in [1.807, 2.05) is 11.7 Å². The van der Waals surface area contributed by atoms with Crippen molar-refractivity contribution in [2.75, 3.05) is 13.1 Å². The molecule has 120 valence electrons. The number of aromatic nitrogens is 2. The molecule has 0 aliphatic heterocycles. The normalized spacial score (nSPS) is 23.0. The highest BCUT2D eigenvalue weighted by Crippen LogP contribution is 2.30. The van der Waals surface area contributed by atoms with Crippen LogP contribution in [0.5, 0.6) is 0 Å². The Balaban J connectivity index is 2.16. The van der Waals surface area contributed by atoms with Gasteiger partial charge in [-0.05, 0) is 38.3 Å². The zero-order valence-electron chi connectivity index (χ0n) is 13.6. The predicted molar refractivity (Wildman–Crippen MR) is 88.5 cm³/mol. The fourth-order valence-corrected chi connectivity index (χ4v) is 3.94. The Morgan fingerprint density at radius 3 is 2.62 bits per heavy atom. The van der Waals surface area contributed by atoms with E-state index in [0.717, 1.165) is 42.5 Å². The molecule has 2 atom stereocenters. The van der Waals surface area contributed by atoms with Crippen LogP contribution < -0.4 is 5.73 Å². The van der Waals surface area contributed by atoms with Crippen molar-refractivity contribution in [3.8, 4) is 0 Å². The summed E-state index contributed by atoms with van der Waals surface area (Å²) < 4.78 is 1.95. The Kier molecular flexibility index (Phi) is 6.08. The average molecular weight is 313 g/mol. The summed E-state index contributed by atoms with van der Waals surface area (Å²) in [6, 6.07) is 0.588. The van der Waals surface area contributed by atoms with Gasteiger partial charge in [-0.25, -0.2) is 0 Å². The summed E-state index contributed by atoms with van der Waals surface area (Å²) in [5.74, 6) is 0.622. The van der Waals surface area contributed by atoms with Gasteiger partial charge in [-0.2, -0.15) is 5.10 Å². The second kappa shape index (κ2) is 7.61. The van der Waals surface area contributed by atoms with E-state index in [2.05, 4.69) is 23.8 Å². The summed E-state index contributed by atoms with van der Waals surface area (Å²) in [7, 11) is 2.00. The minimum atomic E-state index is 0.588. The van der Waals surface area contributed by atoms with Gasteiger partial charge in [-0.1, -0.05) is 38.3 Å². The summed E-state index contributed by atoms with van der Waals surface area (Å²) >= 11 is 6.51. The number of hydrogen-bond donors (Lipinski definition) is 1. The second-order valence-corrected chi connectivity index (χ2v) is 6.47. The highest BCUT2D eigenvalue weighted by Gasteiger charge is 2.29. The molecule has 2 N–H and O–H groups in total. The van der Waals surface area contributed by atoms with Crippen LogP contribution in [0.15, 0.2) is 0 Å². The minimum absolute atomic E-state index is 0.588. The SMILES string of the molecule is CCc1nn(C)c(CN(CC)C2CCCCC2CN)c1Cl. The maximum atomic E-state index is 6.51. The van der Waals surface area contributed by atoms with E-state index in [1.54, 1.807) is 0 Å². The molecule has 0 saturated heterocycles. The van der Waals surface area contributed by atoms with E-state index in [4.69, 9.17) is 17.3 Å². The molecule has 0 bridgehead atoms. The molecule has 21 heavy (non-hydrogen) atoms. The van der Waals surface area contributed by atoms with Gasteiger partial charge in [0.2, 0.25) is 0 Å². The highest BCUT2D eigenvalue weighted by atomic mass is 35.5. The molecule has 1 heterocycles. The Morgan fingerprint density at radius 1 is 1.33 bits per heavy atom. The van der Waals surface area contributed by atoms with E-state index in [9.17, 15) is 0 Å². The molecular formula is C16H29ClN4. The van der Waals surface area contributed by atoms with Crippen molar-refractivity contribution in [1.29, 1.82) is 0 Å². The molecule has 5 heteroatoms. The van der Waals surface area contributed by atoms with Crippen molar-refractivity contribution in [3.63, 3.8) is 0 Å². The van der Waals surface area contributed by atoms with Crippen LogP contribution in [0.3, 0.4) is 0 Å². The smallest absolute Gasteiger partial charge is 0.0863 e. The van der Waals surface area contributed by atoms with E-state index in [0.29, 0.717) is 12.0 Å². The number of aryl methyl sites for hydroxylation is 2. The highest BCUT2D eigenvalue weighted by molar-refractivity contribution is 6.31. The van der Waals surface area contributed by atoms with Crippen molar-refractivity contribution < 1.29 is 0 Å². The van der Waals surface area contributed by atoms with Crippen molar-refractivity contribution >= 4 is 11.6 Å². The molecule has 1 aromatic heterocycles. The van der Waals surface area contributed by atoms with Crippen LogP contribution >= 0.6 is 11.6 Å². The summed E-state index contributed by atoms with van der Waals surface area (Å²) in [6.45, 7) is 7.03. The molecule has 0 amide bonds. The number of nitrogens with zero attached hydrogens (tertiary/aromatic N) is 3. The first-order valence-corrected chi connectivity index (χ1v) is 8.64. The Hall–Kier alpha value is -0.580. The summed E-state index contributed by atoms with van der Waals surface area (Å²) in [4.78, 5) is 2.54. The molecule has 1 aromatic rings. The predicted octanol–water partition coefficient (Wildman–Crippen LogP) is 2.98. The standard InChI is InChI=1S/C16H29ClN4/c1-4-13-16(17)15(20(3)19-13)11-21(5-2)14-9-7-6-8-12(14)10-18/h12,14H,4-11,18H2,1-3H3. The number of hydrogen-bond acceptors (Lipinski definition) is 3. The van der Waals surface area contributed by atoms with E-state index in [-0.39, 0.29) is 0 Å². The summed E-state index contributed by atoms with van der Waals surface area (Å²) in [6.07, 6.45) is 6.04. The van der Waals surface area contributed by atoms with Crippen molar-refractivity contribution in [2.24, 2.45) is 18.7 Å². The Morgan fingerprint density at radius 2 is 2.05 bits per heavy atom. The lowest BCUT2D eigenvalue weighted by Gasteiger charge is -2.39. The zero-order valence-corrected chi connectivity index (χ0v) is 14.4. The lowest BCUT2D eigenvalue weighted by molar-refractivity contribution is 0.103. The van der Waals surface area contributed by atoms with Crippen LogP contribution in [-0.4, -0.2) is 33.8 Å². The van der Waals surface area contributed by atoms with Gasteiger partial charge in [-0.3, -0.25) is 9.58 Å². The molecule has 4 nitrogen and oxygen atoms in total. The van der Waals surface area contributed by atoms with Gasteiger partial charge < -0.3 is 5.73 Å². The third-order valence-electron chi connectivity index (χ3n) is 4.90. The monoisotopic (exact) mass is 312 g/mol. The van der Waals surface area contributed by atoms with Crippen molar-refractivity contribution in [2.45, 2.75) is 58.5 Å². The molecule has 0 radical (unpaired) electrons. The molecule has 0 spiro atoms. The van der Waals surface area contributed by atoms with E-state index in [1.165, 1.54) is 25.7 Å². The van der Waals surface area contributed by atoms with E-state index >= 15 is 0 Å². The van der Waals surface area contributed by atoms with Gasteiger partial charge in [0.1, 0.15) is 0 Å². The molecule has 1 fully saturated rings. The van der Waals surface area contributed by atoms with Gasteiger partial charge in [-0.15, -0.1) is 0 Å². The zero-order chi connectivity index (χ0) is 15.4. The van der Waals surface area contributed by atoms with E-state index < -0.39 is 0 Å². The van der Waals surface area contributed by atoms with Gasteiger partial charge in [0.15, 0.2) is 0 Å². The maximum absolute atomic E-state index is 6.51. The first kappa shape index (κ1) is 16.8. The third-order valence-corrected chi connectivity index (χ3v) is 5.34. The molecule has 0 aromatic carbocycles. The van der Waals surface area contributed by atoms with Crippen molar-refractivity contribution in [3.05, 3.63) is 16.4 Å². The quantitative estimate of drug-likeness (QED) is 0.878. The fraction of sp³-hybridized carbons (Fsp3) is 0.812. The second-order valence-electron chi connectivity index (χ2n) is 6.10. The molecule has 1 saturated carbocycles.